The molecule has 0 aromatic rings. The van der Waals surface area contributed by atoms with Crippen LogP contribution in [0, 0.1) is 0 Å². The van der Waals surface area contributed by atoms with E-state index in [1.54, 1.807) is 0 Å². The minimum atomic E-state index is 0.168. The van der Waals surface area contributed by atoms with E-state index in [9.17, 15) is 0 Å². The third-order valence-corrected chi connectivity index (χ3v) is 4.34. The zero-order valence-corrected chi connectivity index (χ0v) is 12.3. The van der Waals surface area contributed by atoms with Crippen molar-refractivity contribution in [3.05, 3.63) is 0 Å². The van der Waals surface area contributed by atoms with E-state index in [0.717, 1.165) is 58.5 Å². The van der Waals surface area contributed by atoms with Gasteiger partial charge in [-0.05, 0) is 39.2 Å². The van der Waals surface area contributed by atoms with E-state index in [4.69, 9.17) is 15.2 Å². The standard InChI is InChI=1S/C14H30N2O2/c1-4-16(10-11-18-5-2)14(12-15)8-6-13(17-3)7-9-14/h13H,4-12,15H2,1-3H3. The molecular weight excluding hydrogens is 228 g/mol. The summed E-state index contributed by atoms with van der Waals surface area (Å²) in [7, 11) is 1.81. The van der Waals surface area contributed by atoms with Crippen LogP contribution < -0.4 is 5.73 Å². The summed E-state index contributed by atoms with van der Waals surface area (Å²) >= 11 is 0. The largest absolute Gasteiger partial charge is 0.381 e. The highest BCUT2D eigenvalue weighted by Gasteiger charge is 2.38. The molecule has 1 saturated carbocycles. The molecule has 0 amide bonds. The zero-order valence-electron chi connectivity index (χ0n) is 12.3. The van der Waals surface area contributed by atoms with Crippen LogP contribution in [0.2, 0.25) is 0 Å². The van der Waals surface area contributed by atoms with Crippen LogP contribution in [-0.4, -0.2) is 56.5 Å². The molecule has 0 aromatic heterocycles. The van der Waals surface area contributed by atoms with Gasteiger partial charge < -0.3 is 15.2 Å². The summed E-state index contributed by atoms with van der Waals surface area (Å²) in [6, 6.07) is 0. The Balaban J connectivity index is 2.55. The van der Waals surface area contributed by atoms with Crippen LogP contribution in [-0.2, 0) is 9.47 Å². The van der Waals surface area contributed by atoms with E-state index in [0.29, 0.717) is 6.10 Å². The summed E-state index contributed by atoms with van der Waals surface area (Å²) in [6.45, 7) is 8.62. The number of nitrogens with zero attached hydrogens (tertiary/aromatic N) is 1. The first-order valence-electron chi connectivity index (χ1n) is 7.28. The fourth-order valence-corrected chi connectivity index (χ4v) is 3.06. The lowest BCUT2D eigenvalue weighted by Gasteiger charge is -2.47. The maximum atomic E-state index is 6.08. The van der Waals surface area contributed by atoms with Gasteiger partial charge in [0.1, 0.15) is 0 Å². The third kappa shape index (κ3) is 3.92. The van der Waals surface area contributed by atoms with E-state index < -0.39 is 0 Å². The second-order valence-corrected chi connectivity index (χ2v) is 5.14. The fraction of sp³-hybridized carbons (Fsp3) is 1.00. The Bertz CT molecular complexity index is 216. The van der Waals surface area contributed by atoms with Gasteiger partial charge in [-0.2, -0.15) is 0 Å². The molecule has 0 bridgehead atoms. The van der Waals surface area contributed by atoms with Crippen LogP contribution in [0.15, 0.2) is 0 Å². The number of methoxy groups -OCH3 is 1. The number of likely N-dealkylation sites (N-methyl/N-ethyl adjacent to an activating group) is 1. The molecule has 4 heteroatoms. The van der Waals surface area contributed by atoms with Crippen molar-refractivity contribution in [2.75, 3.05) is 40.0 Å². The molecule has 1 aliphatic rings. The summed E-state index contributed by atoms with van der Waals surface area (Å²) in [5, 5.41) is 0. The van der Waals surface area contributed by atoms with Crippen molar-refractivity contribution in [3.8, 4) is 0 Å². The Labute approximate surface area is 112 Å². The Morgan fingerprint density at radius 1 is 1.28 bits per heavy atom. The van der Waals surface area contributed by atoms with Gasteiger partial charge in [0.15, 0.2) is 0 Å². The summed E-state index contributed by atoms with van der Waals surface area (Å²) in [4.78, 5) is 2.51. The van der Waals surface area contributed by atoms with Gasteiger partial charge in [0.25, 0.3) is 0 Å². The summed E-state index contributed by atoms with van der Waals surface area (Å²) in [5.41, 5.74) is 6.25. The van der Waals surface area contributed by atoms with Gasteiger partial charge in [-0.25, -0.2) is 0 Å². The Kier molecular flexibility index (Phi) is 7.15. The van der Waals surface area contributed by atoms with Crippen molar-refractivity contribution in [1.82, 2.24) is 4.90 Å². The average molecular weight is 258 g/mol. The van der Waals surface area contributed by atoms with E-state index >= 15 is 0 Å². The molecular formula is C14H30N2O2. The van der Waals surface area contributed by atoms with Crippen LogP contribution in [0.1, 0.15) is 39.5 Å². The van der Waals surface area contributed by atoms with Crippen molar-refractivity contribution < 1.29 is 9.47 Å². The molecule has 0 unspecified atom stereocenters. The second kappa shape index (κ2) is 8.10. The fourth-order valence-electron chi connectivity index (χ4n) is 3.06. The normalized spacial score (nSPS) is 28.8. The van der Waals surface area contributed by atoms with Crippen LogP contribution >= 0.6 is 0 Å². The van der Waals surface area contributed by atoms with Crippen molar-refractivity contribution in [2.45, 2.75) is 51.2 Å². The first-order chi connectivity index (χ1) is 8.72. The highest BCUT2D eigenvalue weighted by atomic mass is 16.5. The minimum Gasteiger partial charge on any atom is -0.381 e. The van der Waals surface area contributed by atoms with Gasteiger partial charge in [0, 0.05) is 32.3 Å². The van der Waals surface area contributed by atoms with Crippen LogP contribution in [0.4, 0.5) is 0 Å². The molecule has 0 aromatic carbocycles. The summed E-state index contributed by atoms with van der Waals surface area (Å²) < 4.78 is 10.9. The highest BCUT2D eigenvalue weighted by Crippen LogP contribution is 2.33. The Morgan fingerprint density at radius 3 is 2.39 bits per heavy atom. The summed E-state index contributed by atoms with van der Waals surface area (Å²) in [6.07, 6.45) is 4.96. The maximum absolute atomic E-state index is 6.08. The SMILES string of the molecule is CCOCCN(CC)C1(CN)CCC(OC)CC1. The number of hydrogen-bond donors (Lipinski definition) is 1. The first kappa shape index (κ1) is 15.9. The second-order valence-electron chi connectivity index (χ2n) is 5.14. The van der Waals surface area contributed by atoms with Gasteiger partial charge >= 0.3 is 0 Å². The lowest BCUT2D eigenvalue weighted by molar-refractivity contribution is -0.0156. The predicted molar refractivity (Wildman–Crippen MR) is 74.8 cm³/mol. The van der Waals surface area contributed by atoms with E-state index in [1.165, 1.54) is 0 Å². The van der Waals surface area contributed by atoms with Crippen molar-refractivity contribution in [3.63, 3.8) is 0 Å². The molecule has 0 aliphatic heterocycles. The quantitative estimate of drug-likeness (QED) is 0.672. The maximum Gasteiger partial charge on any atom is 0.0593 e. The van der Waals surface area contributed by atoms with Gasteiger partial charge in [-0.15, -0.1) is 0 Å². The molecule has 18 heavy (non-hydrogen) atoms. The van der Waals surface area contributed by atoms with Crippen molar-refractivity contribution in [2.24, 2.45) is 5.73 Å². The monoisotopic (exact) mass is 258 g/mol. The van der Waals surface area contributed by atoms with E-state index in [1.807, 2.05) is 14.0 Å². The van der Waals surface area contributed by atoms with Crippen LogP contribution in [0.25, 0.3) is 0 Å². The molecule has 2 N–H and O–H groups in total. The average Bonchev–Trinajstić information content (AvgIpc) is 2.44. The number of ether oxygens (including phenoxy) is 2. The van der Waals surface area contributed by atoms with E-state index in [-0.39, 0.29) is 5.54 Å². The molecule has 108 valence electrons. The van der Waals surface area contributed by atoms with Gasteiger partial charge in [0.2, 0.25) is 0 Å². The molecule has 0 radical (unpaired) electrons. The number of hydrogen-bond acceptors (Lipinski definition) is 4. The molecule has 0 saturated heterocycles. The van der Waals surface area contributed by atoms with Crippen LogP contribution in [0.5, 0.6) is 0 Å². The van der Waals surface area contributed by atoms with Crippen molar-refractivity contribution in [1.29, 1.82) is 0 Å². The smallest absolute Gasteiger partial charge is 0.0593 e. The zero-order chi connectivity index (χ0) is 13.4. The predicted octanol–water partition coefficient (Wildman–Crippen LogP) is 1.63. The first-order valence-corrected chi connectivity index (χ1v) is 7.28. The lowest BCUT2D eigenvalue weighted by atomic mass is 9.79. The van der Waals surface area contributed by atoms with E-state index in [2.05, 4.69) is 11.8 Å². The Morgan fingerprint density at radius 2 is 1.94 bits per heavy atom. The van der Waals surface area contributed by atoms with Crippen LogP contribution in [0.3, 0.4) is 0 Å². The molecule has 1 aliphatic carbocycles. The highest BCUT2D eigenvalue weighted by molar-refractivity contribution is 4.96. The molecule has 0 heterocycles. The van der Waals surface area contributed by atoms with Crippen molar-refractivity contribution >= 4 is 0 Å². The minimum absolute atomic E-state index is 0.168. The molecule has 0 atom stereocenters. The molecule has 4 nitrogen and oxygen atoms in total. The number of rotatable bonds is 8. The number of nitrogens with two attached hydrogens (primary N) is 1. The Hall–Kier alpha value is -0.160. The van der Waals surface area contributed by atoms with Gasteiger partial charge in [-0.3, -0.25) is 4.90 Å². The molecule has 1 rings (SSSR count). The lowest BCUT2D eigenvalue weighted by Crippen LogP contribution is -2.57. The molecule has 0 spiro atoms. The molecule has 1 fully saturated rings. The third-order valence-electron chi connectivity index (χ3n) is 4.34. The van der Waals surface area contributed by atoms with Gasteiger partial charge in [-0.1, -0.05) is 6.92 Å². The summed E-state index contributed by atoms with van der Waals surface area (Å²) in [5.74, 6) is 0. The topological polar surface area (TPSA) is 47.7 Å². The van der Waals surface area contributed by atoms with Gasteiger partial charge in [0.05, 0.1) is 12.7 Å².